The molecular formula is C31H32N4O2. The number of hydrogen-bond donors (Lipinski definition) is 3. The van der Waals surface area contributed by atoms with Crippen molar-refractivity contribution in [2.75, 3.05) is 0 Å². The molecule has 4 N–H and O–H groups in total. The number of nitrogens with one attached hydrogen (secondary N) is 1. The summed E-state index contributed by atoms with van der Waals surface area (Å²) in [6.45, 7) is 12.4. The minimum Gasteiger partial charge on any atom is -0.507 e. The number of nitrogens with two attached hydrogens (primary N) is 1. The third-order valence-corrected chi connectivity index (χ3v) is 7.06. The number of aromatic hydroxyl groups is 1. The van der Waals surface area contributed by atoms with Gasteiger partial charge in [0.05, 0.1) is 17.2 Å². The molecule has 1 aliphatic rings. The largest absolute Gasteiger partial charge is 0.507 e. The van der Waals surface area contributed by atoms with Crippen LogP contribution in [0.15, 0.2) is 66.1 Å². The number of fused-ring (bicyclic) bond motifs is 2. The van der Waals surface area contributed by atoms with Crippen molar-refractivity contribution >= 4 is 10.8 Å². The lowest BCUT2D eigenvalue weighted by Crippen LogP contribution is -2.23. The molecule has 37 heavy (non-hydrogen) atoms. The first kappa shape index (κ1) is 24.5. The number of allylic oxidation sites excluding steroid dienone is 1. The van der Waals surface area contributed by atoms with Gasteiger partial charge in [-0.1, -0.05) is 90.1 Å². The van der Waals surface area contributed by atoms with Crippen molar-refractivity contribution in [1.82, 2.24) is 10.2 Å². The van der Waals surface area contributed by atoms with E-state index in [2.05, 4.69) is 82.1 Å². The number of rotatable bonds is 2. The number of phenols is 1. The molecule has 4 aromatic rings. The van der Waals surface area contributed by atoms with Crippen LogP contribution in [0.3, 0.4) is 0 Å². The Morgan fingerprint density at radius 3 is 2.16 bits per heavy atom. The lowest BCUT2D eigenvalue weighted by atomic mass is 9.74. The van der Waals surface area contributed by atoms with Gasteiger partial charge in [0.25, 0.3) is 0 Å². The van der Waals surface area contributed by atoms with Gasteiger partial charge in [0.2, 0.25) is 11.8 Å². The van der Waals surface area contributed by atoms with E-state index < -0.39 is 5.92 Å². The third-order valence-electron chi connectivity index (χ3n) is 7.06. The zero-order chi connectivity index (χ0) is 26.7. The number of hydrogen-bond acceptors (Lipinski definition) is 5. The van der Waals surface area contributed by atoms with Gasteiger partial charge in [0.15, 0.2) is 0 Å². The van der Waals surface area contributed by atoms with E-state index in [0.29, 0.717) is 11.5 Å². The topological polar surface area (TPSA) is 108 Å². The molecule has 1 aromatic heterocycles. The molecule has 0 aliphatic carbocycles. The minimum atomic E-state index is -0.517. The number of aromatic amines is 1. The van der Waals surface area contributed by atoms with Gasteiger partial charge in [0.1, 0.15) is 17.4 Å². The number of phenolic OH excluding ortho intramolecular Hbond substituents is 1. The summed E-state index contributed by atoms with van der Waals surface area (Å²) < 4.78 is 5.84. The van der Waals surface area contributed by atoms with Crippen LogP contribution in [0.4, 0.5) is 0 Å². The Bertz CT molecular complexity index is 1570. The molecule has 0 saturated heterocycles. The first-order valence-electron chi connectivity index (χ1n) is 12.4. The molecule has 0 fully saturated rings. The number of nitriles is 1. The molecule has 5 rings (SSSR count). The SMILES string of the molecule is CC(C)(C)c1cc([C@H]2C(C#N)=C(N)Oc3n[nH]c(-c4ccc5ccccc5c4)c32)cc(C(C)(C)C)c1O. The van der Waals surface area contributed by atoms with Crippen molar-refractivity contribution in [3.05, 3.63) is 88.3 Å². The van der Waals surface area contributed by atoms with Crippen LogP contribution in [-0.4, -0.2) is 15.3 Å². The summed E-state index contributed by atoms with van der Waals surface area (Å²) in [6.07, 6.45) is 0. The fourth-order valence-electron chi connectivity index (χ4n) is 5.11. The van der Waals surface area contributed by atoms with Crippen LogP contribution in [0, 0.1) is 11.3 Å². The van der Waals surface area contributed by atoms with Gasteiger partial charge < -0.3 is 15.6 Å². The lowest BCUT2D eigenvalue weighted by Gasteiger charge is -2.31. The van der Waals surface area contributed by atoms with Crippen LogP contribution >= 0.6 is 0 Å². The van der Waals surface area contributed by atoms with Gasteiger partial charge >= 0.3 is 0 Å². The summed E-state index contributed by atoms with van der Waals surface area (Å²) in [6, 6.07) is 20.7. The predicted octanol–water partition coefficient (Wildman–Crippen LogP) is 6.75. The Morgan fingerprint density at radius 1 is 0.946 bits per heavy atom. The lowest BCUT2D eigenvalue weighted by molar-refractivity contribution is 0.378. The number of benzene rings is 3. The number of H-pyrrole nitrogens is 1. The van der Waals surface area contributed by atoms with Crippen molar-refractivity contribution in [3.8, 4) is 29.0 Å². The summed E-state index contributed by atoms with van der Waals surface area (Å²) in [5, 5.41) is 31.4. The van der Waals surface area contributed by atoms with Crippen molar-refractivity contribution in [3.63, 3.8) is 0 Å². The Kier molecular flexibility index (Phi) is 5.56. The molecule has 188 valence electrons. The Balaban J connectivity index is 1.80. The van der Waals surface area contributed by atoms with Gasteiger partial charge in [-0.2, -0.15) is 5.26 Å². The van der Waals surface area contributed by atoms with Crippen LogP contribution in [0.1, 0.15) is 69.7 Å². The molecule has 1 aliphatic heterocycles. The van der Waals surface area contributed by atoms with E-state index in [1.807, 2.05) is 30.3 Å². The number of ether oxygens (including phenoxy) is 1. The molecule has 1 atom stereocenters. The van der Waals surface area contributed by atoms with E-state index in [0.717, 1.165) is 44.3 Å². The highest BCUT2D eigenvalue weighted by Crippen LogP contribution is 2.49. The summed E-state index contributed by atoms with van der Waals surface area (Å²) in [5.41, 5.74) is 10.9. The average Bonchev–Trinajstić information content (AvgIpc) is 3.25. The summed E-state index contributed by atoms with van der Waals surface area (Å²) in [4.78, 5) is 0. The maximum Gasteiger partial charge on any atom is 0.244 e. The molecule has 0 spiro atoms. The number of nitrogens with zero attached hydrogens (tertiary/aromatic N) is 2. The fourth-order valence-corrected chi connectivity index (χ4v) is 5.11. The van der Waals surface area contributed by atoms with Gasteiger partial charge in [0, 0.05) is 5.56 Å². The molecular weight excluding hydrogens is 460 g/mol. The van der Waals surface area contributed by atoms with Gasteiger partial charge in [-0.25, -0.2) is 0 Å². The first-order chi connectivity index (χ1) is 17.4. The van der Waals surface area contributed by atoms with Gasteiger partial charge in [-0.3, -0.25) is 5.10 Å². The molecule has 0 bridgehead atoms. The smallest absolute Gasteiger partial charge is 0.244 e. The monoisotopic (exact) mass is 492 g/mol. The predicted molar refractivity (Wildman–Crippen MR) is 146 cm³/mol. The molecule has 0 unspecified atom stereocenters. The van der Waals surface area contributed by atoms with Crippen LogP contribution in [0.5, 0.6) is 11.6 Å². The molecule has 3 aromatic carbocycles. The van der Waals surface area contributed by atoms with E-state index in [1.54, 1.807) is 0 Å². The second-order valence-electron chi connectivity index (χ2n) is 11.8. The second kappa shape index (κ2) is 8.41. The number of aromatic nitrogens is 2. The van der Waals surface area contributed by atoms with E-state index in [9.17, 15) is 10.4 Å². The summed E-state index contributed by atoms with van der Waals surface area (Å²) >= 11 is 0. The highest BCUT2D eigenvalue weighted by molar-refractivity contribution is 5.87. The van der Waals surface area contributed by atoms with Crippen LogP contribution < -0.4 is 10.5 Å². The van der Waals surface area contributed by atoms with Gasteiger partial charge in [-0.05, 0) is 44.4 Å². The molecule has 2 heterocycles. The van der Waals surface area contributed by atoms with Gasteiger partial charge in [-0.15, -0.1) is 5.10 Å². The van der Waals surface area contributed by atoms with Crippen LogP contribution in [0.2, 0.25) is 0 Å². The van der Waals surface area contributed by atoms with E-state index >= 15 is 0 Å². The van der Waals surface area contributed by atoms with Crippen molar-refractivity contribution in [2.45, 2.75) is 58.3 Å². The van der Waals surface area contributed by atoms with Crippen molar-refractivity contribution in [1.29, 1.82) is 5.26 Å². The maximum absolute atomic E-state index is 11.3. The fraction of sp³-hybridized carbons (Fsp3) is 0.290. The Labute approximate surface area is 217 Å². The quantitative estimate of drug-likeness (QED) is 0.287. The average molecular weight is 493 g/mol. The summed E-state index contributed by atoms with van der Waals surface area (Å²) in [7, 11) is 0. The molecule has 0 amide bonds. The van der Waals surface area contributed by atoms with Crippen molar-refractivity contribution < 1.29 is 9.84 Å². The maximum atomic E-state index is 11.3. The van der Waals surface area contributed by atoms with E-state index in [4.69, 9.17) is 10.5 Å². The Morgan fingerprint density at radius 2 is 1.57 bits per heavy atom. The highest BCUT2D eigenvalue weighted by atomic mass is 16.5. The molecule has 6 nitrogen and oxygen atoms in total. The Hall–Kier alpha value is -4.24. The zero-order valence-corrected chi connectivity index (χ0v) is 22.1. The van der Waals surface area contributed by atoms with E-state index in [-0.39, 0.29) is 22.5 Å². The molecule has 0 radical (unpaired) electrons. The minimum absolute atomic E-state index is 0.0410. The first-order valence-corrected chi connectivity index (χ1v) is 12.4. The second-order valence-corrected chi connectivity index (χ2v) is 11.8. The normalized spacial score (nSPS) is 15.9. The zero-order valence-electron chi connectivity index (χ0n) is 22.1. The van der Waals surface area contributed by atoms with Crippen LogP contribution in [-0.2, 0) is 10.8 Å². The molecule has 6 heteroatoms. The highest BCUT2D eigenvalue weighted by Gasteiger charge is 2.38. The van der Waals surface area contributed by atoms with E-state index in [1.165, 1.54) is 0 Å². The summed E-state index contributed by atoms with van der Waals surface area (Å²) in [5.74, 6) is 0.164. The van der Waals surface area contributed by atoms with Crippen molar-refractivity contribution in [2.24, 2.45) is 5.73 Å². The molecule has 0 saturated carbocycles. The third kappa shape index (κ3) is 4.11. The standard InChI is InChI=1S/C31H32N4O2/c1-30(2,3)22-14-20(15-23(27(22)36)31(4,5)6)24-21(16-32)28(33)37-29-25(24)26(34-35-29)19-12-11-17-9-7-8-10-18(17)13-19/h7-15,24,36H,33H2,1-6H3,(H,34,35)/t24-/m0/s1. The van der Waals surface area contributed by atoms with Crippen LogP contribution in [0.25, 0.3) is 22.0 Å².